The van der Waals surface area contributed by atoms with Gasteiger partial charge in [0.25, 0.3) is 0 Å². The number of oxazole rings is 1. The van der Waals surface area contributed by atoms with Crippen molar-refractivity contribution >= 4 is 0 Å². The van der Waals surface area contributed by atoms with Gasteiger partial charge in [-0.15, -0.1) is 6.20 Å². The van der Waals surface area contributed by atoms with E-state index in [-0.39, 0.29) is 131 Å². The molecule has 0 N–H and O–H groups in total. The molecule has 4 radical (unpaired) electrons. The summed E-state index contributed by atoms with van der Waals surface area (Å²) >= 11 is 0. The van der Waals surface area contributed by atoms with Crippen LogP contribution < -0.4 is 0 Å². The minimum atomic E-state index is 0. The number of aryl methyl sites for hydroxylation is 9. The van der Waals surface area contributed by atoms with Crippen LogP contribution in [0.4, 0.5) is 0 Å². The average Bonchev–Trinajstić information content (AvgIpc) is 3.60. The molecule has 0 aliphatic heterocycles. The first-order valence-electron chi connectivity index (χ1n) is 9.87. The fourth-order valence-corrected chi connectivity index (χ4v) is 1.77. The van der Waals surface area contributed by atoms with Gasteiger partial charge in [-0.2, -0.15) is 5.16 Å². The van der Waals surface area contributed by atoms with Crippen molar-refractivity contribution < 1.29 is 149 Å². The fraction of sp³-hybridized carbons (Fsp3) is 0.429. The topological polar surface area (TPSA) is 161 Å². The summed E-state index contributed by atoms with van der Waals surface area (Å²) in [5.74, 6) is 2.80. The molecule has 0 fully saturated rings. The van der Waals surface area contributed by atoms with Gasteiger partial charge in [-0.05, 0) is 52.6 Å². The van der Waals surface area contributed by atoms with Crippen molar-refractivity contribution in [2.45, 2.75) is 55.4 Å². The van der Waals surface area contributed by atoms with Crippen LogP contribution >= 0.6 is 0 Å². The number of nitrogens with zero attached hydrogens (tertiary/aromatic N) is 9. The Morgan fingerprint density at radius 1 is 0.711 bits per heavy atom. The van der Waals surface area contributed by atoms with E-state index < -0.39 is 0 Å². The van der Waals surface area contributed by atoms with Crippen molar-refractivity contribution in [3.63, 3.8) is 0 Å². The molecule has 5 aromatic rings. The normalized spacial score (nSPS) is 8.34. The molecule has 0 aromatic carbocycles. The Labute approximate surface area is 323 Å². The summed E-state index contributed by atoms with van der Waals surface area (Å²) in [4.78, 5) is 11.5. The van der Waals surface area contributed by atoms with E-state index in [0.717, 1.165) is 28.6 Å². The third-order valence-corrected chi connectivity index (χ3v) is 3.55. The molecule has 0 aliphatic carbocycles. The Bertz CT molecular complexity index is 1090. The van der Waals surface area contributed by atoms with E-state index in [2.05, 4.69) is 79.4 Å². The molecule has 17 heteroatoms. The smallest absolute Gasteiger partial charge is 0.104 e. The molecular weight excluding hydrogens is 798 g/mol. The van der Waals surface area contributed by atoms with Gasteiger partial charge in [0.15, 0.2) is 0 Å². The molecule has 5 heterocycles. The number of hydrogen-bond donors (Lipinski definition) is 0. The summed E-state index contributed by atoms with van der Waals surface area (Å²) in [6.45, 7) is 14.7. The standard InChI is InChI=1S/C6H9N2.C5H6NO.C4H6N2O.2C3H3N2O.4Y/c1-5-4-8(3)6(2)7-5;1-4-3-7-5(2)6-4;1-3-4(2)6-7-5-3;1-3-5-4-2-6-3;1-3-4-2-5-6-3;;;;/h1-3H3;2*1-2H3;2*1H3;;;;/q2*-1;;2*-1;;;;. The van der Waals surface area contributed by atoms with Crippen molar-refractivity contribution in [2.24, 2.45) is 7.05 Å². The van der Waals surface area contributed by atoms with Crippen LogP contribution in [0.25, 0.3) is 0 Å². The average molecular weight is 825 g/mol. The maximum atomic E-state index is 4.73. The van der Waals surface area contributed by atoms with E-state index >= 15 is 0 Å². The Balaban J connectivity index is -0.000000186. The van der Waals surface area contributed by atoms with Gasteiger partial charge in [-0.1, -0.05) is 50.0 Å². The van der Waals surface area contributed by atoms with Crippen LogP contribution in [0, 0.1) is 80.6 Å². The van der Waals surface area contributed by atoms with Crippen LogP contribution in [0.15, 0.2) is 18.0 Å². The zero-order valence-electron chi connectivity index (χ0n) is 23.0. The predicted molar refractivity (Wildman–Crippen MR) is 116 cm³/mol. The Kier molecular flexibility index (Phi) is 31.2. The minimum absolute atomic E-state index is 0. The van der Waals surface area contributed by atoms with E-state index in [4.69, 9.17) is 4.42 Å². The largest absolute Gasteiger partial charge is 0.630 e. The van der Waals surface area contributed by atoms with Gasteiger partial charge in [0.1, 0.15) is 11.4 Å². The predicted octanol–water partition coefficient (Wildman–Crippen LogP) is 2.96. The van der Waals surface area contributed by atoms with E-state index in [9.17, 15) is 0 Å². The molecule has 0 amide bonds. The first kappa shape index (κ1) is 45.2. The molecule has 5 rings (SSSR count). The van der Waals surface area contributed by atoms with E-state index in [1.54, 1.807) is 20.8 Å². The maximum Gasteiger partial charge on any atom is 0.104 e. The van der Waals surface area contributed by atoms with E-state index in [1.807, 2.05) is 46.2 Å². The summed E-state index contributed by atoms with van der Waals surface area (Å²) in [5, 5.41) is 17.0. The zero-order valence-corrected chi connectivity index (χ0v) is 34.3. The second-order valence-corrected chi connectivity index (χ2v) is 6.60. The molecule has 0 unspecified atom stereocenters. The zero-order chi connectivity index (χ0) is 25.5. The number of aromatic nitrogens is 9. The monoisotopic (exact) mass is 825 g/mol. The number of rotatable bonds is 0. The molecule has 196 valence electrons. The van der Waals surface area contributed by atoms with Crippen LogP contribution in [0.5, 0.6) is 0 Å². The molecule has 0 saturated carbocycles. The second kappa shape index (κ2) is 26.2. The molecule has 0 spiro atoms. The van der Waals surface area contributed by atoms with Gasteiger partial charge in [0.05, 0.1) is 18.2 Å². The number of imidazole rings is 1. The fourth-order valence-electron chi connectivity index (χ4n) is 1.77. The van der Waals surface area contributed by atoms with Gasteiger partial charge < -0.3 is 32.9 Å². The molecular formula is C21H27N9O4Y4-4. The summed E-state index contributed by atoms with van der Waals surface area (Å²) in [6, 6.07) is 0. The summed E-state index contributed by atoms with van der Waals surface area (Å²) < 4.78 is 19.9. The molecule has 13 nitrogen and oxygen atoms in total. The van der Waals surface area contributed by atoms with E-state index in [1.165, 1.54) is 0 Å². The van der Waals surface area contributed by atoms with Crippen LogP contribution in [-0.4, -0.2) is 45.2 Å². The van der Waals surface area contributed by atoms with Gasteiger partial charge in [-0.25, -0.2) is 14.8 Å². The molecule has 38 heavy (non-hydrogen) atoms. The maximum absolute atomic E-state index is 4.73. The minimum Gasteiger partial charge on any atom is -0.630 e. The van der Waals surface area contributed by atoms with Crippen LogP contribution in [0.2, 0.25) is 0 Å². The molecule has 0 bridgehead atoms. The quantitative estimate of drug-likeness (QED) is 0.211. The molecule has 0 saturated heterocycles. The van der Waals surface area contributed by atoms with Crippen LogP contribution in [-0.2, 0) is 138 Å². The van der Waals surface area contributed by atoms with Crippen molar-refractivity contribution in [3.05, 3.63) is 71.5 Å². The summed E-state index contributed by atoms with van der Waals surface area (Å²) in [6.07, 6.45) is 10.1. The Morgan fingerprint density at radius 3 is 1.45 bits per heavy atom. The third-order valence-electron chi connectivity index (χ3n) is 3.55. The van der Waals surface area contributed by atoms with Gasteiger partial charge in [-0.3, -0.25) is 0 Å². The van der Waals surface area contributed by atoms with Gasteiger partial charge in [0, 0.05) is 137 Å². The van der Waals surface area contributed by atoms with Crippen LogP contribution in [0.3, 0.4) is 0 Å². The van der Waals surface area contributed by atoms with Gasteiger partial charge in [0.2, 0.25) is 0 Å². The summed E-state index contributed by atoms with van der Waals surface area (Å²) in [7, 11) is 1.94. The summed E-state index contributed by atoms with van der Waals surface area (Å²) in [5.41, 5.74) is 3.50. The van der Waals surface area contributed by atoms with Gasteiger partial charge >= 0.3 is 0 Å². The van der Waals surface area contributed by atoms with Crippen LogP contribution in [0.1, 0.15) is 46.3 Å². The van der Waals surface area contributed by atoms with Crippen molar-refractivity contribution in [1.82, 2.24) is 45.2 Å². The van der Waals surface area contributed by atoms with E-state index in [0.29, 0.717) is 17.7 Å². The van der Waals surface area contributed by atoms with Crippen molar-refractivity contribution in [3.8, 4) is 0 Å². The van der Waals surface area contributed by atoms with Crippen molar-refractivity contribution in [1.29, 1.82) is 0 Å². The van der Waals surface area contributed by atoms with Crippen molar-refractivity contribution in [2.75, 3.05) is 0 Å². The second-order valence-electron chi connectivity index (χ2n) is 6.60. The Hall–Kier alpha value is 0.256. The first-order valence-corrected chi connectivity index (χ1v) is 9.87. The molecule has 0 atom stereocenters. The molecule has 0 aliphatic rings. The first-order chi connectivity index (χ1) is 16.1. The number of hydrogen-bond acceptors (Lipinski definition) is 12. The third kappa shape index (κ3) is 22.0. The Morgan fingerprint density at radius 2 is 1.32 bits per heavy atom. The molecule has 5 aromatic heterocycles. The SMILES string of the molecule is Cc1[c-]n(C)c(C)n1.Cc1[c-]oc(C)n1.Cc1n[c-]no1.Cc1nn[c-]o1.Cc1nonc1C.[Y].[Y].[Y].[Y].